The van der Waals surface area contributed by atoms with Crippen molar-refractivity contribution >= 4 is 16.5 Å². The third-order valence-corrected chi connectivity index (χ3v) is 3.30. The van der Waals surface area contributed by atoms with Crippen LogP contribution in [0.1, 0.15) is 5.56 Å². The third-order valence-electron chi connectivity index (χ3n) is 2.57. The van der Waals surface area contributed by atoms with E-state index >= 15 is 0 Å². The number of hydrogen-bond acceptors (Lipinski definition) is 5. The molecule has 0 bridgehead atoms. The Balaban J connectivity index is 1.93. The summed E-state index contributed by atoms with van der Waals surface area (Å²) < 4.78 is 10.5. The fourth-order valence-electron chi connectivity index (χ4n) is 1.66. The van der Waals surface area contributed by atoms with Gasteiger partial charge < -0.3 is 14.8 Å². The SMILES string of the molecule is COc1ccc(CCNc2nccs2)cc1OC. The zero-order valence-corrected chi connectivity index (χ0v) is 11.3. The van der Waals surface area contributed by atoms with E-state index in [0.29, 0.717) is 0 Å². The molecular weight excluding hydrogens is 248 g/mol. The van der Waals surface area contributed by atoms with Crippen LogP contribution in [0.4, 0.5) is 5.13 Å². The average Bonchev–Trinajstić information content (AvgIpc) is 2.91. The van der Waals surface area contributed by atoms with Crippen molar-refractivity contribution in [2.45, 2.75) is 6.42 Å². The molecule has 0 unspecified atom stereocenters. The Morgan fingerprint density at radius 3 is 2.72 bits per heavy atom. The quantitative estimate of drug-likeness (QED) is 0.871. The van der Waals surface area contributed by atoms with Crippen molar-refractivity contribution in [1.82, 2.24) is 4.98 Å². The van der Waals surface area contributed by atoms with Crippen LogP contribution in [0.2, 0.25) is 0 Å². The third kappa shape index (κ3) is 3.13. The molecule has 1 heterocycles. The van der Waals surface area contributed by atoms with Crippen molar-refractivity contribution in [3.63, 3.8) is 0 Å². The molecule has 0 fully saturated rings. The molecule has 0 atom stereocenters. The summed E-state index contributed by atoms with van der Waals surface area (Å²) in [6.07, 6.45) is 2.71. The molecule has 0 aliphatic rings. The molecule has 0 radical (unpaired) electrons. The van der Waals surface area contributed by atoms with Gasteiger partial charge >= 0.3 is 0 Å². The summed E-state index contributed by atoms with van der Waals surface area (Å²) in [7, 11) is 3.29. The fourth-order valence-corrected chi connectivity index (χ4v) is 2.22. The molecule has 0 aliphatic heterocycles. The van der Waals surface area contributed by atoms with E-state index < -0.39 is 0 Å². The minimum Gasteiger partial charge on any atom is -0.493 e. The first kappa shape index (κ1) is 12.7. The largest absolute Gasteiger partial charge is 0.493 e. The van der Waals surface area contributed by atoms with Gasteiger partial charge in [-0.15, -0.1) is 11.3 Å². The lowest BCUT2D eigenvalue weighted by Crippen LogP contribution is -2.04. The molecule has 2 rings (SSSR count). The first-order chi connectivity index (χ1) is 8.83. The minimum atomic E-state index is 0.758. The highest BCUT2D eigenvalue weighted by molar-refractivity contribution is 7.13. The maximum atomic E-state index is 5.27. The van der Waals surface area contributed by atoms with Gasteiger partial charge in [0.25, 0.3) is 0 Å². The molecule has 0 spiro atoms. The molecule has 0 amide bonds. The van der Waals surface area contributed by atoms with Crippen LogP contribution >= 0.6 is 11.3 Å². The molecule has 0 saturated carbocycles. The molecule has 2 aromatic rings. The number of ether oxygens (including phenoxy) is 2. The van der Waals surface area contributed by atoms with Gasteiger partial charge in [-0.2, -0.15) is 0 Å². The lowest BCUT2D eigenvalue weighted by molar-refractivity contribution is 0.354. The Kier molecular flexibility index (Phi) is 4.41. The second kappa shape index (κ2) is 6.26. The molecule has 18 heavy (non-hydrogen) atoms. The summed E-state index contributed by atoms with van der Waals surface area (Å²) in [4.78, 5) is 4.17. The fraction of sp³-hybridized carbons (Fsp3) is 0.308. The van der Waals surface area contributed by atoms with Gasteiger partial charge in [-0.25, -0.2) is 4.98 Å². The van der Waals surface area contributed by atoms with Crippen molar-refractivity contribution in [2.75, 3.05) is 26.1 Å². The van der Waals surface area contributed by atoms with E-state index in [1.807, 2.05) is 23.6 Å². The van der Waals surface area contributed by atoms with Gasteiger partial charge in [0.15, 0.2) is 16.6 Å². The van der Waals surface area contributed by atoms with Crippen LogP contribution in [0.15, 0.2) is 29.8 Å². The summed E-state index contributed by atoms with van der Waals surface area (Å²) >= 11 is 1.60. The normalized spacial score (nSPS) is 10.1. The molecule has 1 N–H and O–H groups in total. The maximum absolute atomic E-state index is 5.27. The van der Waals surface area contributed by atoms with Crippen molar-refractivity contribution < 1.29 is 9.47 Å². The van der Waals surface area contributed by atoms with E-state index in [0.717, 1.165) is 29.6 Å². The molecule has 1 aromatic heterocycles. The van der Waals surface area contributed by atoms with E-state index in [4.69, 9.17) is 9.47 Å². The molecule has 4 nitrogen and oxygen atoms in total. The molecule has 0 aliphatic carbocycles. The van der Waals surface area contributed by atoms with E-state index in [9.17, 15) is 0 Å². The Morgan fingerprint density at radius 2 is 2.06 bits per heavy atom. The van der Waals surface area contributed by atoms with Crippen molar-refractivity contribution in [1.29, 1.82) is 0 Å². The van der Waals surface area contributed by atoms with E-state index in [1.165, 1.54) is 5.56 Å². The average molecular weight is 264 g/mol. The number of aromatic nitrogens is 1. The number of methoxy groups -OCH3 is 2. The lowest BCUT2D eigenvalue weighted by atomic mass is 10.1. The van der Waals surface area contributed by atoms with Crippen LogP contribution in [0.25, 0.3) is 0 Å². The topological polar surface area (TPSA) is 43.4 Å². The number of thiazole rings is 1. The van der Waals surface area contributed by atoms with Gasteiger partial charge in [-0.1, -0.05) is 6.07 Å². The second-order valence-corrected chi connectivity index (χ2v) is 4.60. The summed E-state index contributed by atoms with van der Waals surface area (Å²) in [5, 5.41) is 6.19. The lowest BCUT2D eigenvalue weighted by Gasteiger charge is -2.09. The Labute approximate surface area is 111 Å². The summed E-state index contributed by atoms with van der Waals surface area (Å²) in [5.41, 5.74) is 1.21. The van der Waals surface area contributed by atoms with Crippen molar-refractivity contribution in [3.05, 3.63) is 35.3 Å². The zero-order chi connectivity index (χ0) is 12.8. The predicted octanol–water partition coefficient (Wildman–Crippen LogP) is 2.81. The van der Waals surface area contributed by atoms with Gasteiger partial charge in [-0.05, 0) is 24.1 Å². The van der Waals surface area contributed by atoms with Crippen LogP contribution in [0.5, 0.6) is 11.5 Å². The highest BCUT2D eigenvalue weighted by Gasteiger charge is 2.04. The number of nitrogens with zero attached hydrogens (tertiary/aromatic N) is 1. The summed E-state index contributed by atoms with van der Waals surface area (Å²) in [6, 6.07) is 5.98. The molecule has 96 valence electrons. The van der Waals surface area contributed by atoms with E-state index in [-0.39, 0.29) is 0 Å². The summed E-state index contributed by atoms with van der Waals surface area (Å²) in [5.74, 6) is 1.53. The van der Waals surface area contributed by atoms with Gasteiger partial charge in [0.2, 0.25) is 0 Å². The number of nitrogens with one attached hydrogen (secondary N) is 1. The Bertz CT molecular complexity index is 486. The van der Waals surface area contributed by atoms with Crippen molar-refractivity contribution in [3.8, 4) is 11.5 Å². The Hall–Kier alpha value is -1.75. The zero-order valence-electron chi connectivity index (χ0n) is 10.5. The smallest absolute Gasteiger partial charge is 0.182 e. The Morgan fingerprint density at radius 1 is 1.22 bits per heavy atom. The summed E-state index contributed by atoms with van der Waals surface area (Å²) in [6.45, 7) is 0.850. The number of benzene rings is 1. The van der Waals surface area contributed by atoms with Crippen LogP contribution in [0, 0.1) is 0 Å². The van der Waals surface area contributed by atoms with Crippen LogP contribution in [-0.4, -0.2) is 25.7 Å². The molecule has 0 saturated heterocycles. The van der Waals surface area contributed by atoms with Gasteiger partial charge in [-0.3, -0.25) is 0 Å². The molecule has 5 heteroatoms. The van der Waals surface area contributed by atoms with Crippen LogP contribution < -0.4 is 14.8 Å². The first-order valence-corrected chi connectivity index (χ1v) is 6.55. The van der Waals surface area contributed by atoms with Crippen LogP contribution in [-0.2, 0) is 6.42 Å². The van der Waals surface area contributed by atoms with E-state index in [1.54, 1.807) is 31.8 Å². The maximum Gasteiger partial charge on any atom is 0.182 e. The predicted molar refractivity (Wildman–Crippen MR) is 73.9 cm³/mol. The van der Waals surface area contributed by atoms with Gasteiger partial charge in [0, 0.05) is 18.1 Å². The number of rotatable bonds is 6. The second-order valence-electron chi connectivity index (χ2n) is 3.70. The molecular formula is C13H16N2O2S. The monoisotopic (exact) mass is 264 g/mol. The van der Waals surface area contributed by atoms with Crippen LogP contribution in [0.3, 0.4) is 0 Å². The number of hydrogen-bond donors (Lipinski definition) is 1. The first-order valence-electron chi connectivity index (χ1n) is 5.67. The van der Waals surface area contributed by atoms with Gasteiger partial charge in [0.05, 0.1) is 14.2 Å². The highest BCUT2D eigenvalue weighted by atomic mass is 32.1. The van der Waals surface area contributed by atoms with Crippen molar-refractivity contribution in [2.24, 2.45) is 0 Å². The highest BCUT2D eigenvalue weighted by Crippen LogP contribution is 2.27. The van der Waals surface area contributed by atoms with E-state index in [2.05, 4.69) is 10.3 Å². The van der Waals surface area contributed by atoms with Gasteiger partial charge in [0.1, 0.15) is 0 Å². The number of anilines is 1. The standard InChI is InChI=1S/C13H16N2O2S/c1-16-11-4-3-10(9-12(11)17-2)5-6-14-13-15-7-8-18-13/h3-4,7-9H,5-6H2,1-2H3,(H,14,15). The molecule has 1 aromatic carbocycles. The minimum absolute atomic E-state index is 0.758.